The Hall–Kier alpha value is -3.93. The molecule has 0 saturated heterocycles. The van der Waals surface area contributed by atoms with Crippen LogP contribution in [0.4, 0.5) is 17.5 Å². The predicted molar refractivity (Wildman–Crippen MR) is 110 cm³/mol. The Kier molecular flexibility index (Phi) is 5.11. The summed E-state index contributed by atoms with van der Waals surface area (Å²) in [7, 11) is 0. The average Bonchev–Trinajstić information content (AvgIpc) is 2.71. The van der Waals surface area contributed by atoms with Crippen LogP contribution in [0.2, 0.25) is 0 Å². The van der Waals surface area contributed by atoms with E-state index in [4.69, 9.17) is 10.5 Å². The molecule has 3 N–H and O–H groups in total. The fourth-order valence-corrected chi connectivity index (χ4v) is 2.72. The maximum atomic E-state index is 5.83. The summed E-state index contributed by atoms with van der Waals surface area (Å²) in [5.74, 6) is 3.39. The van der Waals surface area contributed by atoms with Gasteiger partial charge in [0.25, 0.3) is 0 Å². The van der Waals surface area contributed by atoms with Gasteiger partial charge in [-0.15, -0.1) is 0 Å². The lowest BCUT2D eigenvalue weighted by Crippen LogP contribution is -2.01. The minimum Gasteiger partial charge on any atom is -0.457 e. The average molecular weight is 369 g/mol. The smallest absolute Gasteiger partial charge is 0.135 e. The van der Waals surface area contributed by atoms with Crippen LogP contribution >= 0.6 is 0 Å². The van der Waals surface area contributed by atoms with Crippen LogP contribution in [0.5, 0.6) is 11.5 Å². The second-order valence-corrected chi connectivity index (χ2v) is 6.20. The van der Waals surface area contributed by atoms with E-state index in [-0.39, 0.29) is 0 Å². The summed E-state index contributed by atoms with van der Waals surface area (Å²) in [6, 6.07) is 25.0. The largest absolute Gasteiger partial charge is 0.457 e. The Bertz CT molecular complexity index is 1050. The van der Waals surface area contributed by atoms with Gasteiger partial charge in [-0.1, -0.05) is 36.4 Å². The maximum absolute atomic E-state index is 5.83. The number of aromatic nitrogens is 3. The van der Waals surface area contributed by atoms with E-state index in [1.165, 1.54) is 6.33 Å². The highest BCUT2D eigenvalue weighted by atomic mass is 16.5. The molecule has 0 aliphatic carbocycles. The Morgan fingerprint density at radius 1 is 0.786 bits per heavy atom. The Balaban J connectivity index is 1.42. The third-order valence-corrected chi connectivity index (χ3v) is 4.04. The summed E-state index contributed by atoms with van der Waals surface area (Å²) >= 11 is 0. The van der Waals surface area contributed by atoms with Crippen molar-refractivity contribution in [1.29, 1.82) is 0 Å². The van der Waals surface area contributed by atoms with Crippen LogP contribution in [0, 0.1) is 0 Å². The molecule has 6 heteroatoms. The first-order valence-corrected chi connectivity index (χ1v) is 8.87. The minimum absolute atomic E-state index is 0.456. The van der Waals surface area contributed by atoms with E-state index in [2.05, 4.69) is 20.3 Å². The number of nitrogen functional groups attached to an aromatic ring is 1. The number of pyridine rings is 1. The molecule has 2 heterocycles. The third-order valence-electron chi connectivity index (χ3n) is 4.04. The number of nitrogens with one attached hydrogen (secondary N) is 1. The van der Waals surface area contributed by atoms with Crippen LogP contribution in [0.1, 0.15) is 11.3 Å². The van der Waals surface area contributed by atoms with E-state index in [1.54, 1.807) is 6.07 Å². The fourth-order valence-electron chi connectivity index (χ4n) is 2.72. The molecule has 0 amide bonds. The van der Waals surface area contributed by atoms with Gasteiger partial charge < -0.3 is 15.8 Å². The van der Waals surface area contributed by atoms with Crippen molar-refractivity contribution in [3.05, 3.63) is 96.4 Å². The van der Waals surface area contributed by atoms with E-state index in [1.807, 2.05) is 72.8 Å². The Morgan fingerprint density at radius 3 is 2.36 bits per heavy atom. The van der Waals surface area contributed by atoms with Gasteiger partial charge in [0, 0.05) is 12.5 Å². The predicted octanol–water partition coefficient (Wildman–Crippen LogP) is 4.58. The summed E-state index contributed by atoms with van der Waals surface area (Å²) in [6.07, 6.45) is 2.23. The van der Waals surface area contributed by atoms with Crippen molar-refractivity contribution in [2.45, 2.75) is 6.42 Å². The molecule has 2 aromatic heterocycles. The number of ether oxygens (including phenoxy) is 1. The highest BCUT2D eigenvalue weighted by molar-refractivity contribution is 5.54. The Labute approximate surface area is 163 Å². The van der Waals surface area contributed by atoms with E-state index in [0.29, 0.717) is 23.9 Å². The summed E-state index contributed by atoms with van der Waals surface area (Å²) in [5.41, 5.74) is 7.74. The Morgan fingerprint density at radius 2 is 1.57 bits per heavy atom. The first-order chi connectivity index (χ1) is 13.7. The zero-order valence-electron chi connectivity index (χ0n) is 15.1. The van der Waals surface area contributed by atoms with Crippen LogP contribution in [-0.2, 0) is 6.42 Å². The maximum Gasteiger partial charge on any atom is 0.135 e. The SMILES string of the molecule is Nc1cccc(Nc2cc(Cc3ccc(Oc4ccccc4)cc3)ncn2)n1. The van der Waals surface area contributed by atoms with E-state index in [9.17, 15) is 0 Å². The molecule has 0 bridgehead atoms. The second-order valence-electron chi connectivity index (χ2n) is 6.20. The summed E-state index contributed by atoms with van der Waals surface area (Å²) < 4.78 is 5.83. The first kappa shape index (κ1) is 17.5. The zero-order valence-corrected chi connectivity index (χ0v) is 15.1. The van der Waals surface area contributed by atoms with Crippen molar-refractivity contribution in [2.75, 3.05) is 11.1 Å². The van der Waals surface area contributed by atoms with Gasteiger partial charge >= 0.3 is 0 Å². The first-order valence-electron chi connectivity index (χ1n) is 8.87. The van der Waals surface area contributed by atoms with Crippen molar-refractivity contribution >= 4 is 17.5 Å². The normalized spacial score (nSPS) is 10.4. The van der Waals surface area contributed by atoms with Crippen molar-refractivity contribution in [3.8, 4) is 11.5 Å². The molecule has 28 heavy (non-hydrogen) atoms. The summed E-state index contributed by atoms with van der Waals surface area (Å²) in [6.45, 7) is 0. The molecule has 0 saturated carbocycles. The monoisotopic (exact) mass is 369 g/mol. The van der Waals surface area contributed by atoms with Crippen molar-refractivity contribution in [3.63, 3.8) is 0 Å². The molecule has 0 unspecified atom stereocenters. The number of hydrogen-bond donors (Lipinski definition) is 2. The standard InChI is InChI=1S/C22H19N5O/c23-20-7-4-8-21(26-20)27-22-14-17(24-15-25-22)13-16-9-11-19(12-10-16)28-18-5-2-1-3-6-18/h1-12,14-15H,13H2,(H3,23,24,25,26,27). The molecule has 0 atom stereocenters. The van der Waals surface area contributed by atoms with Crippen LogP contribution in [0.3, 0.4) is 0 Å². The molecule has 0 aliphatic rings. The molecule has 4 rings (SSSR count). The van der Waals surface area contributed by atoms with Crippen molar-refractivity contribution in [1.82, 2.24) is 15.0 Å². The lowest BCUT2D eigenvalue weighted by atomic mass is 10.1. The zero-order chi connectivity index (χ0) is 19.2. The van der Waals surface area contributed by atoms with Gasteiger partial charge in [0.05, 0.1) is 5.69 Å². The number of rotatable bonds is 6. The van der Waals surface area contributed by atoms with Gasteiger partial charge in [0.15, 0.2) is 0 Å². The van der Waals surface area contributed by atoms with Gasteiger partial charge in [0.2, 0.25) is 0 Å². The van der Waals surface area contributed by atoms with Crippen LogP contribution in [0.25, 0.3) is 0 Å². The number of nitrogens with zero attached hydrogens (tertiary/aromatic N) is 3. The number of anilines is 3. The van der Waals surface area contributed by atoms with Crippen LogP contribution in [-0.4, -0.2) is 15.0 Å². The molecular formula is C22H19N5O. The lowest BCUT2D eigenvalue weighted by Gasteiger charge is -2.08. The second kappa shape index (κ2) is 8.18. The van der Waals surface area contributed by atoms with Gasteiger partial charge in [-0.3, -0.25) is 0 Å². The summed E-state index contributed by atoms with van der Waals surface area (Å²) in [4.78, 5) is 12.8. The van der Waals surface area contributed by atoms with Crippen molar-refractivity contribution < 1.29 is 4.74 Å². The molecule has 0 radical (unpaired) electrons. The number of para-hydroxylation sites is 1. The molecular weight excluding hydrogens is 350 g/mol. The number of hydrogen-bond acceptors (Lipinski definition) is 6. The molecule has 138 valence electrons. The topological polar surface area (TPSA) is 86.0 Å². The fraction of sp³-hybridized carbons (Fsp3) is 0.0455. The molecule has 2 aromatic carbocycles. The van der Waals surface area contributed by atoms with Gasteiger partial charge in [-0.2, -0.15) is 0 Å². The number of nitrogens with two attached hydrogens (primary N) is 1. The van der Waals surface area contributed by atoms with Crippen molar-refractivity contribution in [2.24, 2.45) is 0 Å². The molecule has 4 aromatic rings. The van der Waals surface area contributed by atoms with Gasteiger partial charge in [-0.05, 0) is 42.0 Å². The number of benzene rings is 2. The van der Waals surface area contributed by atoms with Crippen LogP contribution in [0.15, 0.2) is 85.2 Å². The molecule has 0 spiro atoms. The molecule has 0 aliphatic heterocycles. The van der Waals surface area contributed by atoms with E-state index < -0.39 is 0 Å². The third kappa shape index (κ3) is 4.62. The van der Waals surface area contributed by atoms with E-state index in [0.717, 1.165) is 22.8 Å². The summed E-state index contributed by atoms with van der Waals surface area (Å²) in [5, 5.41) is 3.15. The van der Waals surface area contributed by atoms with E-state index >= 15 is 0 Å². The van der Waals surface area contributed by atoms with Crippen LogP contribution < -0.4 is 15.8 Å². The van der Waals surface area contributed by atoms with Gasteiger partial charge in [-0.25, -0.2) is 15.0 Å². The van der Waals surface area contributed by atoms with Gasteiger partial charge in [0.1, 0.15) is 35.3 Å². The molecule has 0 fully saturated rings. The molecule has 6 nitrogen and oxygen atoms in total. The lowest BCUT2D eigenvalue weighted by molar-refractivity contribution is 0.482. The highest BCUT2D eigenvalue weighted by Gasteiger charge is 2.04. The highest BCUT2D eigenvalue weighted by Crippen LogP contribution is 2.22. The quantitative estimate of drug-likeness (QED) is 0.517. The minimum atomic E-state index is 0.456.